The van der Waals surface area contributed by atoms with Crippen LogP contribution in [0.25, 0.3) is 0 Å². The van der Waals surface area contributed by atoms with Crippen molar-refractivity contribution in [1.29, 1.82) is 0 Å². The van der Waals surface area contributed by atoms with Crippen LogP contribution < -0.4 is 0 Å². The van der Waals surface area contributed by atoms with Gasteiger partial charge < -0.3 is 5.21 Å². The summed E-state index contributed by atoms with van der Waals surface area (Å²) in [6.45, 7) is 1.10. The van der Waals surface area contributed by atoms with Crippen molar-refractivity contribution < 1.29 is 5.21 Å². The zero-order valence-electron chi connectivity index (χ0n) is 9.08. The van der Waals surface area contributed by atoms with E-state index >= 15 is 0 Å². The quantitative estimate of drug-likeness (QED) is 0.789. The molecule has 2 aromatic rings. The predicted molar refractivity (Wildman–Crippen MR) is 63.9 cm³/mol. The van der Waals surface area contributed by atoms with Gasteiger partial charge in [0.1, 0.15) is 0 Å². The number of benzene rings is 2. The van der Waals surface area contributed by atoms with E-state index in [1.54, 1.807) is 0 Å². The minimum absolute atomic E-state index is 0.551. The first-order valence-electron chi connectivity index (χ1n) is 5.36. The van der Waals surface area contributed by atoms with Crippen LogP contribution in [0.3, 0.4) is 0 Å². The minimum Gasteiger partial charge on any atom is -0.313 e. The number of hydroxylamine groups is 2. The maximum absolute atomic E-state index is 9.79. The molecular weight excluding hydrogens is 198 g/mol. The molecule has 0 aliphatic carbocycles. The number of hydrogen-bond acceptors (Lipinski definition) is 2. The van der Waals surface area contributed by atoms with Gasteiger partial charge in [-0.15, -0.1) is 0 Å². The van der Waals surface area contributed by atoms with Crippen LogP contribution in [0, 0.1) is 0 Å². The Morgan fingerprint density at radius 3 is 1.44 bits per heavy atom. The molecule has 0 fully saturated rings. The molecule has 0 spiro atoms. The molecule has 0 saturated carbocycles. The van der Waals surface area contributed by atoms with Gasteiger partial charge in [-0.1, -0.05) is 60.7 Å². The van der Waals surface area contributed by atoms with Crippen molar-refractivity contribution in [2.24, 2.45) is 0 Å². The second kappa shape index (κ2) is 5.45. The number of rotatable bonds is 4. The summed E-state index contributed by atoms with van der Waals surface area (Å²) in [4.78, 5) is 0. The first-order chi connectivity index (χ1) is 7.84. The average molecular weight is 213 g/mol. The van der Waals surface area contributed by atoms with Gasteiger partial charge in [0.25, 0.3) is 0 Å². The average Bonchev–Trinajstić information content (AvgIpc) is 2.31. The Hall–Kier alpha value is -1.64. The van der Waals surface area contributed by atoms with Crippen molar-refractivity contribution in [3.8, 4) is 0 Å². The minimum atomic E-state index is 0.551. The Kier molecular flexibility index (Phi) is 3.70. The third-order valence-corrected chi connectivity index (χ3v) is 2.42. The second-order valence-corrected chi connectivity index (χ2v) is 3.79. The molecule has 0 amide bonds. The van der Waals surface area contributed by atoms with Crippen LogP contribution in [0.15, 0.2) is 60.7 Å². The highest BCUT2D eigenvalue weighted by atomic mass is 16.5. The van der Waals surface area contributed by atoms with E-state index in [0.29, 0.717) is 13.1 Å². The summed E-state index contributed by atoms with van der Waals surface area (Å²) in [5.74, 6) is 0. The molecule has 0 aliphatic rings. The summed E-state index contributed by atoms with van der Waals surface area (Å²) in [7, 11) is 0. The predicted octanol–water partition coefficient (Wildman–Crippen LogP) is 3.08. The van der Waals surface area contributed by atoms with Crippen molar-refractivity contribution in [2.45, 2.75) is 13.1 Å². The van der Waals surface area contributed by atoms with Crippen molar-refractivity contribution >= 4 is 0 Å². The Balaban J connectivity index is 1.92. The highest BCUT2D eigenvalue weighted by Gasteiger charge is 2.02. The van der Waals surface area contributed by atoms with E-state index in [2.05, 4.69) is 0 Å². The van der Waals surface area contributed by atoms with Crippen molar-refractivity contribution in [3.63, 3.8) is 0 Å². The summed E-state index contributed by atoms with van der Waals surface area (Å²) in [5.41, 5.74) is 2.22. The Morgan fingerprint density at radius 1 is 0.688 bits per heavy atom. The summed E-state index contributed by atoms with van der Waals surface area (Å²) in [6.07, 6.45) is 0. The van der Waals surface area contributed by atoms with Crippen LogP contribution in [-0.2, 0) is 13.1 Å². The third kappa shape index (κ3) is 3.19. The monoisotopic (exact) mass is 213 g/mol. The lowest BCUT2D eigenvalue weighted by Gasteiger charge is -2.14. The Labute approximate surface area is 95.7 Å². The van der Waals surface area contributed by atoms with Crippen molar-refractivity contribution in [2.75, 3.05) is 0 Å². The number of hydrogen-bond donors (Lipinski definition) is 1. The number of nitrogens with zero attached hydrogens (tertiary/aromatic N) is 1. The van der Waals surface area contributed by atoms with Crippen molar-refractivity contribution in [3.05, 3.63) is 71.8 Å². The molecule has 2 heteroatoms. The summed E-state index contributed by atoms with van der Waals surface area (Å²) in [6, 6.07) is 19.9. The van der Waals surface area contributed by atoms with E-state index in [0.717, 1.165) is 11.1 Å². The van der Waals surface area contributed by atoms with Crippen molar-refractivity contribution in [1.82, 2.24) is 5.06 Å². The maximum atomic E-state index is 9.79. The molecule has 2 rings (SSSR count). The molecule has 0 saturated heterocycles. The lowest BCUT2D eigenvalue weighted by atomic mass is 10.2. The summed E-state index contributed by atoms with van der Waals surface area (Å²) < 4.78 is 0. The molecule has 2 aromatic carbocycles. The zero-order chi connectivity index (χ0) is 11.2. The molecule has 82 valence electrons. The zero-order valence-corrected chi connectivity index (χ0v) is 9.08. The van der Waals surface area contributed by atoms with Gasteiger partial charge >= 0.3 is 0 Å². The molecule has 0 unspecified atom stereocenters. The first-order valence-corrected chi connectivity index (χ1v) is 5.36. The van der Waals surface area contributed by atoms with E-state index in [-0.39, 0.29) is 0 Å². The third-order valence-electron chi connectivity index (χ3n) is 2.42. The van der Waals surface area contributed by atoms with Crippen LogP contribution in [0.1, 0.15) is 11.1 Å². The fraction of sp³-hybridized carbons (Fsp3) is 0.143. The lowest BCUT2D eigenvalue weighted by molar-refractivity contribution is -0.108. The van der Waals surface area contributed by atoms with Gasteiger partial charge in [0.2, 0.25) is 0 Å². The van der Waals surface area contributed by atoms with E-state index in [1.165, 1.54) is 5.06 Å². The second-order valence-electron chi connectivity index (χ2n) is 3.79. The smallest absolute Gasteiger partial charge is 0.0492 e. The fourth-order valence-corrected chi connectivity index (χ4v) is 1.64. The molecule has 0 bridgehead atoms. The summed E-state index contributed by atoms with van der Waals surface area (Å²) in [5, 5.41) is 11.1. The van der Waals surface area contributed by atoms with Crippen LogP contribution in [0.4, 0.5) is 0 Å². The highest BCUT2D eigenvalue weighted by Crippen LogP contribution is 2.07. The van der Waals surface area contributed by atoms with Gasteiger partial charge in [-0.3, -0.25) is 0 Å². The van der Waals surface area contributed by atoms with Gasteiger partial charge in [-0.2, -0.15) is 5.06 Å². The molecule has 0 radical (unpaired) electrons. The van der Waals surface area contributed by atoms with E-state index in [1.807, 2.05) is 60.7 Å². The SMILES string of the molecule is ON(Cc1ccccc1)Cc1ccccc1. The first kappa shape index (κ1) is 10.9. The lowest BCUT2D eigenvalue weighted by Crippen LogP contribution is -2.17. The fourth-order valence-electron chi connectivity index (χ4n) is 1.64. The van der Waals surface area contributed by atoms with E-state index in [4.69, 9.17) is 0 Å². The largest absolute Gasteiger partial charge is 0.313 e. The molecule has 0 atom stereocenters. The standard InChI is InChI=1S/C14H15NO/c16-15(11-13-7-3-1-4-8-13)12-14-9-5-2-6-10-14/h1-10,16H,11-12H2. The molecular formula is C14H15NO. The van der Waals surface area contributed by atoms with Crippen LogP contribution in [0.2, 0.25) is 0 Å². The molecule has 1 N–H and O–H groups in total. The Bertz CT molecular complexity index is 372. The normalized spacial score (nSPS) is 10.6. The van der Waals surface area contributed by atoms with Crippen LogP contribution in [0.5, 0.6) is 0 Å². The van der Waals surface area contributed by atoms with E-state index < -0.39 is 0 Å². The Morgan fingerprint density at radius 2 is 1.06 bits per heavy atom. The van der Waals surface area contributed by atoms with E-state index in [9.17, 15) is 5.21 Å². The van der Waals surface area contributed by atoms with Crippen LogP contribution in [-0.4, -0.2) is 10.3 Å². The van der Waals surface area contributed by atoms with Gasteiger partial charge in [0.15, 0.2) is 0 Å². The van der Waals surface area contributed by atoms with Crippen LogP contribution >= 0.6 is 0 Å². The maximum Gasteiger partial charge on any atom is 0.0492 e. The van der Waals surface area contributed by atoms with Gasteiger partial charge in [-0.25, -0.2) is 0 Å². The van der Waals surface area contributed by atoms with Gasteiger partial charge in [-0.05, 0) is 11.1 Å². The highest BCUT2D eigenvalue weighted by molar-refractivity contribution is 5.16. The molecule has 2 nitrogen and oxygen atoms in total. The molecule has 0 aromatic heterocycles. The van der Waals surface area contributed by atoms with Gasteiger partial charge in [0.05, 0.1) is 0 Å². The molecule has 16 heavy (non-hydrogen) atoms. The van der Waals surface area contributed by atoms with Gasteiger partial charge in [0, 0.05) is 13.1 Å². The molecule has 0 aliphatic heterocycles. The topological polar surface area (TPSA) is 23.5 Å². The molecule has 0 heterocycles. The summed E-state index contributed by atoms with van der Waals surface area (Å²) >= 11 is 0.